The van der Waals surface area contributed by atoms with Gasteiger partial charge in [-0.3, -0.25) is 0 Å². The molecule has 3 nitrogen and oxygen atoms in total. The standard InChI is InChI=1S/Cu.FH2O3P.K.Zn/c;1-5(2,3)4;;/h;(H2,2,3,4);;/q+2;;+1;+2/p-2. The van der Waals surface area contributed by atoms with Crippen molar-refractivity contribution >= 4 is 7.91 Å². The van der Waals surface area contributed by atoms with E-state index in [1.165, 1.54) is 0 Å². The van der Waals surface area contributed by atoms with Gasteiger partial charge >= 0.3 is 87.9 Å². The Morgan fingerprint density at radius 2 is 1.38 bits per heavy atom. The van der Waals surface area contributed by atoms with Gasteiger partial charge in [-0.15, -0.1) is 0 Å². The Morgan fingerprint density at radius 1 is 1.38 bits per heavy atom. The van der Waals surface area contributed by atoms with Crippen molar-refractivity contribution in [2.75, 3.05) is 0 Å². The van der Waals surface area contributed by atoms with Crippen LogP contribution < -0.4 is 61.2 Å². The predicted molar refractivity (Wildman–Crippen MR) is 8.71 cm³/mol. The van der Waals surface area contributed by atoms with Crippen molar-refractivity contribution in [3.05, 3.63) is 0 Å². The van der Waals surface area contributed by atoms with Crippen LogP contribution in [0.5, 0.6) is 0 Å². The molecule has 0 unspecified atom stereocenters. The van der Waals surface area contributed by atoms with Crippen molar-refractivity contribution in [2.45, 2.75) is 0 Å². The summed E-state index contributed by atoms with van der Waals surface area (Å²) in [6.07, 6.45) is 0. The first-order valence-electron chi connectivity index (χ1n) is 0.717. The maximum atomic E-state index is 10.1. The van der Waals surface area contributed by atoms with Crippen LogP contribution in [0.25, 0.3) is 0 Å². The van der Waals surface area contributed by atoms with Crippen molar-refractivity contribution in [1.82, 2.24) is 0 Å². The van der Waals surface area contributed by atoms with E-state index in [1.807, 2.05) is 0 Å². The molecular formula is CuFKO3PZn+3. The molecule has 0 atom stereocenters. The molecule has 0 aliphatic carbocycles. The van der Waals surface area contributed by atoms with Gasteiger partial charge in [-0.1, -0.05) is 0 Å². The van der Waals surface area contributed by atoms with Crippen LogP contribution >= 0.6 is 7.91 Å². The van der Waals surface area contributed by atoms with Crippen molar-refractivity contribution < 1.29 is 106 Å². The number of hydrogen-bond acceptors (Lipinski definition) is 3. The van der Waals surface area contributed by atoms with Crippen LogP contribution in [0.4, 0.5) is 4.20 Å². The van der Waals surface area contributed by atoms with Gasteiger partial charge in [0.15, 0.2) is 0 Å². The SMILES string of the molecule is O=P([O-])([O-])F.[Cu+2].[K+].[Zn+2]. The van der Waals surface area contributed by atoms with E-state index in [9.17, 15) is 4.20 Å². The fourth-order valence-corrected chi connectivity index (χ4v) is 0. The molecule has 0 fully saturated rings. The Labute approximate surface area is 112 Å². The molecule has 8 heavy (non-hydrogen) atoms. The Bertz CT molecular complexity index is 65.4. The van der Waals surface area contributed by atoms with Gasteiger partial charge in [0.05, 0.1) is 0 Å². The molecule has 0 heterocycles. The Hall–Kier alpha value is 2.86. The van der Waals surface area contributed by atoms with E-state index in [1.54, 1.807) is 0 Å². The summed E-state index contributed by atoms with van der Waals surface area (Å²) in [6, 6.07) is 0. The van der Waals surface area contributed by atoms with Gasteiger partial charge in [-0.05, 0) is 0 Å². The molecule has 0 aromatic rings. The van der Waals surface area contributed by atoms with Crippen LogP contribution in [0.3, 0.4) is 0 Å². The number of rotatable bonds is 0. The van der Waals surface area contributed by atoms with Crippen LogP contribution in [-0.2, 0) is 41.1 Å². The van der Waals surface area contributed by atoms with E-state index in [4.69, 9.17) is 14.4 Å². The van der Waals surface area contributed by atoms with Gasteiger partial charge in [0, 0.05) is 0 Å². The predicted octanol–water partition coefficient (Wildman–Crippen LogP) is -4.22. The van der Waals surface area contributed by atoms with Crippen molar-refractivity contribution in [2.24, 2.45) is 0 Å². The quantitative estimate of drug-likeness (QED) is 0.330. The average molecular weight is 266 g/mol. The van der Waals surface area contributed by atoms with Crippen LogP contribution in [0.1, 0.15) is 0 Å². The van der Waals surface area contributed by atoms with E-state index in [0.29, 0.717) is 0 Å². The summed E-state index contributed by atoms with van der Waals surface area (Å²) in [7, 11) is -5.64. The first-order chi connectivity index (χ1) is 2.00. The normalized spacial score (nSPS) is 7.38. The second kappa shape index (κ2) is 9.86. The fraction of sp³-hybridized carbons (Fsp3) is 0. The maximum Gasteiger partial charge on any atom is 2.00 e. The minimum atomic E-state index is -5.64. The van der Waals surface area contributed by atoms with Crippen molar-refractivity contribution in [1.29, 1.82) is 0 Å². The topological polar surface area (TPSA) is 63.2 Å². The summed E-state index contributed by atoms with van der Waals surface area (Å²) in [5.41, 5.74) is 0. The molecule has 0 aliphatic rings. The number of hydrogen-bond donors (Lipinski definition) is 0. The average Bonchev–Trinajstić information content (AvgIpc) is 0.722. The molecule has 0 aromatic heterocycles. The van der Waals surface area contributed by atoms with E-state index in [2.05, 4.69) is 0 Å². The summed E-state index contributed by atoms with van der Waals surface area (Å²) in [5.74, 6) is 0. The zero-order chi connectivity index (χ0) is 4.50. The van der Waals surface area contributed by atoms with E-state index < -0.39 is 7.91 Å². The molecule has 0 amide bonds. The molecule has 8 heteroatoms. The van der Waals surface area contributed by atoms with E-state index in [0.717, 1.165) is 0 Å². The molecule has 1 radical (unpaired) electrons. The first-order valence-corrected chi connectivity index (χ1v) is 2.15. The third-order valence-corrected chi connectivity index (χ3v) is 0. The molecule has 0 saturated heterocycles. The van der Waals surface area contributed by atoms with Gasteiger partial charge in [0.2, 0.25) is 0 Å². The van der Waals surface area contributed by atoms with Gasteiger partial charge in [-0.2, -0.15) is 0 Å². The molecule has 0 aliphatic heterocycles. The molecule has 0 bridgehead atoms. The molecule has 0 saturated carbocycles. The Balaban J connectivity index is -0.0000000267. The largest absolute Gasteiger partial charge is 2.00 e. The smallest absolute Gasteiger partial charge is 0.786 e. The van der Waals surface area contributed by atoms with Gasteiger partial charge in [0.25, 0.3) is 0 Å². The summed E-state index contributed by atoms with van der Waals surface area (Å²) in [6.45, 7) is 0. The summed E-state index contributed by atoms with van der Waals surface area (Å²) in [5, 5.41) is 0. The zero-order valence-corrected chi connectivity index (χ0v) is 12.0. The van der Waals surface area contributed by atoms with Crippen molar-refractivity contribution in [3.8, 4) is 0 Å². The Kier molecular flexibility index (Phi) is 27.6. The van der Waals surface area contributed by atoms with Crippen LogP contribution in [-0.4, -0.2) is 0 Å². The third-order valence-electron chi connectivity index (χ3n) is 0. The molecule has 0 aromatic carbocycles. The summed E-state index contributed by atoms with van der Waals surface area (Å²) >= 11 is 0. The van der Waals surface area contributed by atoms with Crippen LogP contribution in [0.2, 0.25) is 0 Å². The van der Waals surface area contributed by atoms with E-state index >= 15 is 0 Å². The second-order valence-corrected chi connectivity index (χ2v) is 1.29. The third kappa shape index (κ3) is 66.9. The first kappa shape index (κ1) is 22.4. The van der Waals surface area contributed by atoms with Crippen LogP contribution in [0.15, 0.2) is 0 Å². The minimum Gasteiger partial charge on any atom is -0.786 e. The van der Waals surface area contributed by atoms with Gasteiger partial charge < -0.3 is 14.4 Å². The van der Waals surface area contributed by atoms with Gasteiger partial charge in [-0.25, -0.2) is 4.20 Å². The van der Waals surface area contributed by atoms with Gasteiger partial charge in [0.1, 0.15) is 7.91 Å². The molecule has 0 spiro atoms. The number of halogens is 1. The van der Waals surface area contributed by atoms with Crippen molar-refractivity contribution in [3.63, 3.8) is 0 Å². The Morgan fingerprint density at radius 3 is 1.38 bits per heavy atom. The summed E-state index contributed by atoms with van der Waals surface area (Å²) < 4.78 is 18.6. The van der Waals surface area contributed by atoms with Crippen LogP contribution in [0, 0.1) is 0 Å². The molecule has 0 N–H and O–H groups in total. The maximum absolute atomic E-state index is 10.1. The molecule has 0 rings (SSSR count). The minimum absolute atomic E-state index is 0. The molecular weight excluding hydrogens is 266 g/mol. The molecule has 41 valence electrons. The second-order valence-electron chi connectivity index (χ2n) is 0.431. The van der Waals surface area contributed by atoms with E-state index in [-0.39, 0.29) is 87.9 Å². The fourth-order valence-electron chi connectivity index (χ4n) is 0. The zero-order valence-electron chi connectivity index (χ0n) is 4.06. The summed E-state index contributed by atoms with van der Waals surface area (Å²) in [4.78, 5) is 16.9. The monoisotopic (exact) mass is 264 g/mol.